The molecule has 166 valence electrons. The van der Waals surface area contributed by atoms with Crippen LogP contribution in [0.1, 0.15) is 21.5 Å². The van der Waals surface area contributed by atoms with E-state index in [1.54, 1.807) is 0 Å². The van der Waals surface area contributed by atoms with Gasteiger partial charge in [-0.05, 0) is 31.2 Å². The molecule has 0 bridgehead atoms. The molecule has 31 heavy (non-hydrogen) atoms. The van der Waals surface area contributed by atoms with Crippen molar-refractivity contribution in [1.29, 1.82) is 0 Å². The van der Waals surface area contributed by atoms with Crippen molar-refractivity contribution in [3.8, 4) is 0 Å². The number of halogens is 3. The molecule has 0 radical (unpaired) electrons. The van der Waals surface area contributed by atoms with Crippen molar-refractivity contribution in [2.45, 2.75) is 18.0 Å². The summed E-state index contributed by atoms with van der Waals surface area (Å²) < 4.78 is 66.2. The minimum Gasteiger partial charge on any atom is -0.336 e. The predicted octanol–water partition coefficient (Wildman–Crippen LogP) is 3.07. The summed E-state index contributed by atoms with van der Waals surface area (Å²) in [6.45, 7) is 1.10. The number of nitro groups is 1. The lowest BCUT2D eigenvalue weighted by Crippen LogP contribution is -2.50. The number of rotatable bonds is 4. The second-order valence-corrected chi connectivity index (χ2v) is 8.85. The van der Waals surface area contributed by atoms with Crippen LogP contribution >= 0.6 is 0 Å². The Labute approximate surface area is 176 Å². The lowest BCUT2D eigenvalue weighted by Gasteiger charge is -2.34. The molecule has 2 aromatic rings. The number of alkyl halides is 3. The SMILES string of the molecule is Cc1cc(C(=O)N2CCN(S(=O)(=O)c3ccccc3C(F)(F)F)CC2)ccc1[N+](=O)[O-]. The molecule has 0 aliphatic carbocycles. The zero-order valence-corrected chi connectivity index (χ0v) is 17.1. The van der Waals surface area contributed by atoms with Crippen molar-refractivity contribution in [2.24, 2.45) is 0 Å². The highest BCUT2D eigenvalue weighted by Gasteiger charge is 2.39. The normalized spacial score (nSPS) is 15.7. The number of hydrogen-bond donors (Lipinski definition) is 0. The van der Waals surface area contributed by atoms with E-state index in [9.17, 15) is 36.5 Å². The van der Waals surface area contributed by atoms with Crippen LogP contribution in [0.3, 0.4) is 0 Å². The molecule has 0 unspecified atom stereocenters. The lowest BCUT2D eigenvalue weighted by atomic mass is 10.1. The highest BCUT2D eigenvalue weighted by atomic mass is 32.2. The Bertz CT molecular complexity index is 1130. The number of sulfonamides is 1. The Balaban J connectivity index is 1.76. The van der Waals surface area contributed by atoms with Gasteiger partial charge in [0.2, 0.25) is 10.0 Å². The van der Waals surface area contributed by atoms with Crippen LogP contribution in [-0.4, -0.2) is 54.6 Å². The topological polar surface area (TPSA) is 101 Å². The fraction of sp³-hybridized carbons (Fsp3) is 0.316. The van der Waals surface area contributed by atoms with Crippen molar-refractivity contribution < 1.29 is 31.3 Å². The smallest absolute Gasteiger partial charge is 0.336 e. The molecule has 0 saturated carbocycles. The van der Waals surface area contributed by atoms with E-state index in [2.05, 4.69) is 0 Å². The van der Waals surface area contributed by atoms with E-state index in [0.717, 1.165) is 16.4 Å². The summed E-state index contributed by atoms with van der Waals surface area (Å²) in [4.78, 5) is 23.6. The van der Waals surface area contributed by atoms with Gasteiger partial charge in [0.1, 0.15) is 0 Å². The van der Waals surface area contributed by atoms with Crippen LogP contribution in [0.4, 0.5) is 18.9 Å². The van der Waals surface area contributed by atoms with Crippen molar-refractivity contribution in [2.75, 3.05) is 26.2 Å². The van der Waals surface area contributed by atoms with Crippen molar-refractivity contribution >= 4 is 21.6 Å². The van der Waals surface area contributed by atoms with Crippen LogP contribution in [0.2, 0.25) is 0 Å². The zero-order valence-electron chi connectivity index (χ0n) is 16.3. The molecular weight excluding hydrogens is 439 g/mol. The summed E-state index contributed by atoms with van der Waals surface area (Å²) in [5, 5.41) is 10.9. The van der Waals surface area contributed by atoms with E-state index in [1.165, 1.54) is 36.1 Å². The summed E-state index contributed by atoms with van der Waals surface area (Å²) in [5.41, 5.74) is -0.853. The van der Waals surface area contributed by atoms with Crippen LogP contribution in [0, 0.1) is 17.0 Å². The lowest BCUT2D eigenvalue weighted by molar-refractivity contribution is -0.385. The van der Waals surface area contributed by atoms with Crippen molar-refractivity contribution in [1.82, 2.24) is 9.21 Å². The molecule has 1 aliphatic heterocycles. The van der Waals surface area contributed by atoms with Gasteiger partial charge in [-0.2, -0.15) is 17.5 Å². The van der Waals surface area contributed by atoms with Crippen LogP contribution in [0.25, 0.3) is 0 Å². The molecule has 1 aliphatic rings. The molecule has 0 atom stereocenters. The van der Waals surface area contributed by atoms with E-state index in [1.807, 2.05) is 0 Å². The highest BCUT2D eigenvalue weighted by molar-refractivity contribution is 7.89. The number of benzene rings is 2. The van der Waals surface area contributed by atoms with Crippen LogP contribution < -0.4 is 0 Å². The number of hydrogen-bond acceptors (Lipinski definition) is 5. The van der Waals surface area contributed by atoms with Gasteiger partial charge in [0.25, 0.3) is 11.6 Å². The zero-order chi connectivity index (χ0) is 23.0. The van der Waals surface area contributed by atoms with Crippen molar-refractivity contribution in [3.05, 3.63) is 69.3 Å². The molecule has 0 N–H and O–H groups in total. The fourth-order valence-corrected chi connectivity index (χ4v) is 5.01. The van der Waals surface area contributed by atoms with Gasteiger partial charge in [-0.3, -0.25) is 14.9 Å². The van der Waals surface area contributed by atoms with E-state index in [4.69, 9.17) is 0 Å². The molecule has 0 spiro atoms. The maximum Gasteiger partial charge on any atom is 0.417 e. The number of nitro benzene ring substituents is 1. The summed E-state index contributed by atoms with van der Waals surface area (Å²) in [6, 6.07) is 7.87. The average Bonchev–Trinajstić information content (AvgIpc) is 2.72. The van der Waals surface area contributed by atoms with Gasteiger partial charge in [0.15, 0.2) is 0 Å². The minimum atomic E-state index is -4.82. The summed E-state index contributed by atoms with van der Waals surface area (Å²) in [7, 11) is -4.41. The third kappa shape index (κ3) is 4.54. The number of carbonyl (C=O) groups is 1. The maximum absolute atomic E-state index is 13.2. The monoisotopic (exact) mass is 457 g/mol. The fourth-order valence-electron chi connectivity index (χ4n) is 3.37. The number of piperazine rings is 1. The Morgan fingerprint density at radius 2 is 1.68 bits per heavy atom. The molecule has 1 heterocycles. The number of nitrogens with zero attached hydrogens (tertiary/aromatic N) is 3. The molecule has 1 fully saturated rings. The van der Waals surface area contributed by atoms with Gasteiger partial charge in [0, 0.05) is 43.4 Å². The first-order chi connectivity index (χ1) is 14.4. The van der Waals surface area contributed by atoms with E-state index in [-0.39, 0.29) is 37.4 Å². The third-order valence-corrected chi connectivity index (χ3v) is 6.93. The Kier molecular flexibility index (Phi) is 6.05. The molecular formula is C19H18F3N3O5S. The van der Waals surface area contributed by atoms with Crippen LogP contribution in [-0.2, 0) is 16.2 Å². The first kappa shape index (κ1) is 22.7. The summed E-state index contributed by atoms with van der Waals surface area (Å²) in [6.07, 6.45) is -4.82. The standard InChI is InChI=1S/C19H18F3N3O5S/c1-13-12-14(6-7-16(13)25(27)28)18(26)23-8-10-24(11-9-23)31(29,30)17-5-3-2-4-15(17)19(20,21)22/h2-7,12H,8-11H2,1H3. The van der Waals surface area contributed by atoms with Gasteiger partial charge >= 0.3 is 6.18 Å². The number of carbonyl (C=O) groups excluding carboxylic acids is 1. The predicted molar refractivity (Wildman–Crippen MR) is 104 cm³/mol. The summed E-state index contributed by atoms with van der Waals surface area (Å²) in [5.74, 6) is -0.439. The molecule has 12 heteroatoms. The molecule has 3 rings (SSSR count). The van der Waals surface area contributed by atoms with E-state index < -0.39 is 37.5 Å². The van der Waals surface area contributed by atoms with Gasteiger partial charge < -0.3 is 4.90 Å². The first-order valence-corrected chi connectivity index (χ1v) is 10.6. The van der Waals surface area contributed by atoms with Gasteiger partial charge in [-0.1, -0.05) is 12.1 Å². The molecule has 0 aromatic heterocycles. The summed E-state index contributed by atoms with van der Waals surface area (Å²) >= 11 is 0. The molecule has 1 amide bonds. The first-order valence-electron chi connectivity index (χ1n) is 9.13. The molecule has 2 aromatic carbocycles. The van der Waals surface area contributed by atoms with Crippen LogP contribution in [0.5, 0.6) is 0 Å². The Morgan fingerprint density at radius 3 is 2.23 bits per heavy atom. The van der Waals surface area contributed by atoms with Crippen molar-refractivity contribution in [3.63, 3.8) is 0 Å². The van der Waals surface area contributed by atoms with E-state index in [0.29, 0.717) is 11.6 Å². The van der Waals surface area contributed by atoms with Gasteiger partial charge in [-0.25, -0.2) is 8.42 Å². The van der Waals surface area contributed by atoms with Gasteiger partial charge in [0.05, 0.1) is 15.4 Å². The minimum absolute atomic E-state index is 0.0255. The molecule has 8 nitrogen and oxygen atoms in total. The largest absolute Gasteiger partial charge is 0.417 e. The Morgan fingerprint density at radius 1 is 1.06 bits per heavy atom. The third-order valence-electron chi connectivity index (χ3n) is 4.98. The number of amides is 1. The second kappa shape index (κ2) is 8.27. The second-order valence-electron chi connectivity index (χ2n) is 6.95. The maximum atomic E-state index is 13.2. The molecule has 1 saturated heterocycles. The Hall–Kier alpha value is -2.99. The average molecular weight is 457 g/mol. The van der Waals surface area contributed by atoms with Crippen LogP contribution in [0.15, 0.2) is 47.4 Å². The highest BCUT2D eigenvalue weighted by Crippen LogP contribution is 2.35. The van der Waals surface area contributed by atoms with Gasteiger partial charge in [-0.15, -0.1) is 0 Å². The quantitative estimate of drug-likeness (QED) is 0.519. The number of aryl methyl sites for hydroxylation is 1. The van der Waals surface area contributed by atoms with E-state index >= 15 is 0 Å².